The Morgan fingerprint density at radius 1 is 1.03 bits per heavy atom. The van der Waals surface area contributed by atoms with Gasteiger partial charge in [-0.15, -0.1) is 0 Å². The monoisotopic (exact) mass is 482 g/mol. The van der Waals surface area contributed by atoms with Crippen molar-refractivity contribution in [1.29, 1.82) is 0 Å². The summed E-state index contributed by atoms with van der Waals surface area (Å²) in [5, 5.41) is 5.54. The average Bonchev–Trinajstić information content (AvgIpc) is 2.80. The first-order chi connectivity index (χ1) is 16.5. The molecule has 0 aliphatic rings. The molecule has 0 saturated heterocycles. The fraction of sp³-hybridized carbons (Fsp3) is 0.200. The second-order valence-electron chi connectivity index (χ2n) is 7.95. The zero-order valence-corrected chi connectivity index (χ0v) is 19.5. The predicted octanol–water partition coefficient (Wildman–Crippen LogP) is 5.05. The number of allylic oxidation sites excluding steroid dienone is 1. The number of halogens is 3. The number of nitrogens with zero attached hydrogens (tertiary/aromatic N) is 4. The number of hydrogen-bond acceptors (Lipinski definition) is 6. The van der Waals surface area contributed by atoms with Crippen molar-refractivity contribution in [1.82, 2.24) is 19.9 Å². The fourth-order valence-corrected chi connectivity index (χ4v) is 3.18. The number of benzene rings is 1. The molecule has 3 aromatic rings. The lowest BCUT2D eigenvalue weighted by atomic mass is 10.0. The van der Waals surface area contributed by atoms with Gasteiger partial charge in [0, 0.05) is 43.9 Å². The Hall–Kier alpha value is -4.21. The quantitative estimate of drug-likeness (QED) is 0.438. The number of carbonyl (C=O) groups is 1. The van der Waals surface area contributed by atoms with Crippen LogP contribution in [0.1, 0.15) is 16.8 Å². The number of aromatic nitrogens is 3. The summed E-state index contributed by atoms with van der Waals surface area (Å²) < 4.78 is 39.2. The van der Waals surface area contributed by atoms with Gasteiger partial charge in [-0.2, -0.15) is 13.2 Å². The largest absolute Gasteiger partial charge is 0.418 e. The molecule has 2 aromatic heterocycles. The van der Waals surface area contributed by atoms with E-state index in [2.05, 4.69) is 32.2 Å². The molecule has 10 heteroatoms. The summed E-state index contributed by atoms with van der Waals surface area (Å²) in [6.45, 7) is 5.02. The first kappa shape index (κ1) is 25.4. The molecule has 2 heterocycles. The van der Waals surface area contributed by atoms with E-state index < -0.39 is 17.6 Å². The Morgan fingerprint density at radius 2 is 1.69 bits per heavy atom. The van der Waals surface area contributed by atoms with E-state index in [9.17, 15) is 18.0 Å². The van der Waals surface area contributed by atoms with Crippen LogP contribution in [0.4, 0.5) is 24.8 Å². The summed E-state index contributed by atoms with van der Waals surface area (Å²) in [7, 11) is 3.79. The van der Waals surface area contributed by atoms with Crippen molar-refractivity contribution in [2.24, 2.45) is 0 Å². The van der Waals surface area contributed by atoms with Crippen LogP contribution in [-0.2, 0) is 17.4 Å². The van der Waals surface area contributed by atoms with E-state index in [-0.39, 0.29) is 17.8 Å². The molecule has 1 aromatic carbocycles. The number of nitrogens with one attached hydrogen (secondary N) is 2. The van der Waals surface area contributed by atoms with Gasteiger partial charge in [0.25, 0.3) is 0 Å². The van der Waals surface area contributed by atoms with Crippen molar-refractivity contribution in [3.8, 4) is 11.1 Å². The van der Waals surface area contributed by atoms with E-state index in [1.807, 2.05) is 37.3 Å². The number of pyridine rings is 1. The van der Waals surface area contributed by atoms with Crippen molar-refractivity contribution in [2.75, 3.05) is 24.7 Å². The molecule has 0 saturated carbocycles. The zero-order valence-electron chi connectivity index (χ0n) is 19.5. The lowest BCUT2D eigenvalue weighted by Gasteiger charge is -2.12. The molecule has 0 aliphatic carbocycles. The average molecular weight is 483 g/mol. The van der Waals surface area contributed by atoms with Gasteiger partial charge in [0.05, 0.1) is 29.6 Å². The molecule has 0 unspecified atom stereocenters. The van der Waals surface area contributed by atoms with E-state index in [1.165, 1.54) is 13.1 Å². The molecule has 0 aliphatic heterocycles. The molecule has 0 atom stereocenters. The van der Waals surface area contributed by atoms with Gasteiger partial charge in [-0.1, -0.05) is 30.8 Å². The third-order valence-electron chi connectivity index (χ3n) is 4.85. The minimum Gasteiger partial charge on any atom is -0.382 e. The maximum absolute atomic E-state index is 13.1. The highest BCUT2D eigenvalue weighted by atomic mass is 19.4. The molecule has 35 heavy (non-hydrogen) atoms. The van der Waals surface area contributed by atoms with E-state index >= 15 is 0 Å². The Balaban J connectivity index is 1.63. The molecule has 1 amide bonds. The summed E-state index contributed by atoms with van der Waals surface area (Å²) >= 11 is 0. The lowest BCUT2D eigenvalue weighted by Crippen LogP contribution is -2.16. The third-order valence-corrected chi connectivity index (χ3v) is 4.85. The molecule has 7 nitrogen and oxygen atoms in total. The molecule has 2 N–H and O–H groups in total. The number of alkyl halides is 3. The van der Waals surface area contributed by atoms with Crippen molar-refractivity contribution < 1.29 is 18.0 Å². The van der Waals surface area contributed by atoms with Gasteiger partial charge in [-0.3, -0.25) is 9.78 Å². The van der Waals surface area contributed by atoms with Crippen LogP contribution in [0, 0.1) is 6.92 Å². The van der Waals surface area contributed by atoms with Crippen LogP contribution < -0.4 is 10.6 Å². The second-order valence-corrected chi connectivity index (χ2v) is 7.95. The maximum Gasteiger partial charge on any atom is 0.418 e. The smallest absolute Gasteiger partial charge is 0.382 e. The van der Waals surface area contributed by atoms with Gasteiger partial charge < -0.3 is 15.5 Å². The first-order valence-corrected chi connectivity index (χ1v) is 10.6. The Kier molecular flexibility index (Phi) is 7.85. The molecule has 0 radical (unpaired) electrons. The minimum absolute atomic E-state index is 0.00257. The van der Waals surface area contributed by atoms with E-state index in [0.29, 0.717) is 11.5 Å². The number of anilines is 2. The van der Waals surface area contributed by atoms with Gasteiger partial charge >= 0.3 is 6.18 Å². The highest BCUT2D eigenvalue weighted by Crippen LogP contribution is 2.32. The van der Waals surface area contributed by atoms with E-state index in [4.69, 9.17) is 0 Å². The fourth-order valence-electron chi connectivity index (χ4n) is 3.18. The van der Waals surface area contributed by atoms with Gasteiger partial charge in [-0.25, -0.2) is 9.97 Å². The zero-order chi connectivity index (χ0) is 25.6. The van der Waals surface area contributed by atoms with Crippen LogP contribution in [0.25, 0.3) is 11.1 Å². The number of carbonyl (C=O) groups excluding carboxylic acids is 1. The Labute approximate surface area is 201 Å². The highest BCUT2D eigenvalue weighted by molar-refractivity contribution is 5.92. The van der Waals surface area contributed by atoms with Crippen LogP contribution in [0.3, 0.4) is 0 Å². The van der Waals surface area contributed by atoms with Crippen molar-refractivity contribution in [3.63, 3.8) is 0 Å². The molecular formula is C25H25F3N6O. The summed E-state index contributed by atoms with van der Waals surface area (Å²) in [5.74, 6) is -0.0200. The van der Waals surface area contributed by atoms with E-state index in [0.717, 1.165) is 22.9 Å². The molecule has 0 spiro atoms. The van der Waals surface area contributed by atoms with Crippen LogP contribution in [0.15, 0.2) is 73.5 Å². The van der Waals surface area contributed by atoms with Gasteiger partial charge in [0.1, 0.15) is 0 Å². The number of hydrogen-bond donors (Lipinski definition) is 2. The highest BCUT2D eigenvalue weighted by Gasteiger charge is 2.33. The third kappa shape index (κ3) is 7.13. The summed E-state index contributed by atoms with van der Waals surface area (Å²) in [6.07, 6.45) is 3.53. The lowest BCUT2D eigenvalue weighted by molar-refractivity contribution is -0.138. The number of aryl methyl sites for hydroxylation is 1. The molecule has 0 fully saturated rings. The first-order valence-electron chi connectivity index (χ1n) is 10.6. The van der Waals surface area contributed by atoms with Crippen molar-refractivity contribution in [2.45, 2.75) is 19.5 Å². The minimum atomic E-state index is -4.54. The van der Waals surface area contributed by atoms with Crippen LogP contribution in [-0.4, -0.2) is 39.9 Å². The van der Waals surface area contributed by atoms with Crippen LogP contribution >= 0.6 is 0 Å². The normalized spacial score (nSPS) is 11.7. The number of rotatable bonds is 8. The van der Waals surface area contributed by atoms with Gasteiger partial charge in [-0.05, 0) is 30.2 Å². The predicted molar refractivity (Wildman–Crippen MR) is 129 cm³/mol. The second kappa shape index (κ2) is 10.8. The topological polar surface area (TPSA) is 83.0 Å². The van der Waals surface area contributed by atoms with Gasteiger partial charge in [0.15, 0.2) is 0 Å². The van der Waals surface area contributed by atoms with Gasteiger partial charge in [0.2, 0.25) is 11.9 Å². The number of amides is 1. The summed E-state index contributed by atoms with van der Waals surface area (Å²) in [6, 6.07) is 8.07. The van der Waals surface area contributed by atoms with Crippen molar-refractivity contribution in [3.05, 3.63) is 90.3 Å². The summed E-state index contributed by atoms with van der Waals surface area (Å²) in [4.78, 5) is 26.6. The maximum atomic E-state index is 13.1. The molecule has 182 valence electrons. The molecular weight excluding hydrogens is 457 g/mol. The molecule has 0 bridgehead atoms. The van der Waals surface area contributed by atoms with E-state index in [1.54, 1.807) is 30.6 Å². The molecule has 3 rings (SSSR count). The van der Waals surface area contributed by atoms with Crippen LogP contribution in [0.2, 0.25) is 0 Å². The standard InChI is InChI=1S/C25H25F3N6O/c1-5-20(15-34(3)4)33-24-30-12-19(13-31-24)18-8-6-17(7-9-18)10-23(35)32-21-11-22(25(26,27)28)16(2)29-14-21/h5-9,11-15H,1,10H2,2-4H3,(H,32,35)(H,30,31,33)/b20-15+. The van der Waals surface area contributed by atoms with Crippen molar-refractivity contribution >= 4 is 17.5 Å². The van der Waals surface area contributed by atoms with Crippen LogP contribution in [0.5, 0.6) is 0 Å². The summed E-state index contributed by atoms with van der Waals surface area (Å²) in [5.41, 5.74) is 2.06. The Bertz CT molecular complexity index is 1220. The Morgan fingerprint density at radius 3 is 2.26 bits per heavy atom. The SMILES string of the molecule is C=C/C(=C\N(C)C)Nc1ncc(-c2ccc(CC(=O)Nc3cnc(C)c(C(F)(F)F)c3)cc2)cn1.